The lowest BCUT2D eigenvalue weighted by Gasteiger charge is -2.12. The molecule has 2 aromatic rings. The zero-order valence-corrected chi connectivity index (χ0v) is 15.0. The summed E-state index contributed by atoms with van der Waals surface area (Å²) in [5.41, 5.74) is 1.30. The Bertz CT molecular complexity index is 793. The maximum absolute atomic E-state index is 12.2. The summed E-state index contributed by atoms with van der Waals surface area (Å²) in [5, 5.41) is 3.40. The van der Waals surface area contributed by atoms with Crippen LogP contribution >= 0.6 is 11.6 Å². The zero-order chi connectivity index (χ0) is 18.1. The third kappa shape index (κ3) is 5.74. The monoisotopic (exact) mass is 357 g/mol. The number of carbonyl (C=O) groups is 1. The molecule has 5 heteroatoms. The highest BCUT2D eigenvalue weighted by molar-refractivity contribution is 6.30. The van der Waals surface area contributed by atoms with Crippen molar-refractivity contribution >= 4 is 17.5 Å². The Balaban J connectivity index is 2.00. The van der Waals surface area contributed by atoms with Gasteiger partial charge in [-0.15, -0.1) is 0 Å². The van der Waals surface area contributed by atoms with E-state index in [-0.39, 0.29) is 12.5 Å². The molecule has 2 aromatic carbocycles. The van der Waals surface area contributed by atoms with Crippen LogP contribution in [0.1, 0.15) is 29.8 Å². The number of ether oxygens (including phenoxy) is 2. The van der Waals surface area contributed by atoms with Gasteiger partial charge in [-0.1, -0.05) is 29.5 Å². The number of hydrogen-bond acceptors (Lipinski definition) is 3. The molecular weight excluding hydrogens is 338 g/mol. The van der Waals surface area contributed by atoms with E-state index >= 15 is 0 Å². The summed E-state index contributed by atoms with van der Waals surface area (Å²) in [7, 11) is 0. The van der Waals surface area contributed by atoms with Crippen LogP contribution < -0.4 is 14.8 Å². The Hall–Kier alpha value is -2.64. The van der Waals surface area contributed by atoms with Gasteiger partial charge < -0.3 is 14.8 Å². The summed E-state index contributed by atoms with van der Waals surface area (Å²) in [4.78, 5) is 12.2. The van der Waals surface area contributed by atoms with Crippen molar-refractivity contribution in [3.63, 3.8) is 0 Å². The van der Waals surface area contributed by atoms with Crippen LogP contribution in [0.4, 0.5) is 0 Å². The SMILES string of the molecule is CCOc1ccc(C(=O)NCC#Cc2cccc(Cl)c2)cc1OCC. The van der Waals surface area contributed by atoms with Crippen LogP contribution in [-0.2, 0) is 0 Å². The van der Waals surface area contributed by atoms with Crippen LogP contribution in [0, 0.1) is 11.8 Å². The lowest BCUT2D eigenvalue weighted by atomic mass is 10.2. The third-order valence-corrected chi connectivity index (χ3v) is 3.44. The molecule has 0 saturated heterocycles. The van der Waals surface area contributed by atoms with Crippen molar-refractivity contribution in [1.82, 2.24) is 5.32 Å². The molecule has 1 amide bonds. The molecule has 2 rings (SSSR count). The second kappa shape index (κ2) is 9.61. The second-order valence-electron chi connectivity index (χ2n) is 5.02. The molecule has 130 valence electrons. The molecule has 0 heterocycles. The van der Waals surface area contributed by atoms with E-state index in [9.17, 15) is 4.79 Å². The highest BCUT2D eigenvalue weighted by atomic mass is 35.5. The molecule has 0 saturated carbocycles. The number of carbonyl (C=O) groups excluding carboxylic acids is 1. The molecule has 25 heavy (non-hydrogen) atoms. The Labute approximate surface area is 153 Å². The largest absolute Gasteiger partial charge is 0.490 e. The minimum atomic E-state index is -0.218. The van der Waals surface area contributed by atoms with Crippen molar-refractivity contribution < 1.29 is 14.3 Å². The topological polar surface area (TPSA) is 47.6 Å². The average molecular weight is 358 g/mol. The van der Waals surface area contributed by atoms with E-state index in [0.717, 1.165) is 5.56 Å². The molecular formula is C20H20ClNO3. The second-order valence-corrected chi connectivity index (χ2v) is 5.46. The summed E-state index contributed by atoms with van der Waals surface area (Å²) < 4.78 is 11.0. The van der Waals surface area contributed by atoms with Gasteiger partial charge in [0.05, 0.1) is 19.8 Å². The Kier molecular flexibility index (Phi) is 7.18. The van der Waals surface area contributed by atoms with E-state index in [4.69, 9.17) is 21.1 Å². The quantitative estimate of drug-likeness (QED) is 0.797. The Morgan fingerprint density at radius 2 is 1.84 bits per heavy atom. The van der Waals surface area contributed by atoms with Gasteiger partial charge in [0.25, 0.3) is 5.91 Å². The normalized spacial score (nSPS) is 9.72. The van der Waals surface area contributed by atoms with Gasteiger partial charge in [0, 0.05) is 16.1 Å². The van der Waals surface area contributed by atoms with Gasteiger partial charge >= 0.3 is 0 Å². The molecule has 4 nitrogen and oxygen atoms in total. The zero-order valence-electron chi connectivity index (χ0n) is 14.3. The van der Waals surface area contributed by atoms with Gasteiger partial charge in [-0.3, -0.25) is 4.79 Å². The van der Waals surface area contributed by atoms with E-state index in [0.29, 0.717) is 35.3 Å². The van der Waals surface area contributed by atoms with Crippen LogP contribution in [0.15, 0.2) is 42.5 Å². The van der Waals surface area contributed by atoms with Crippen LogP contribution in [0.2, 0.25) is 5.02 Å². The molecule has 0 bridgehead atoms. The first-order valence-corrected chi connectivity index (χ1v) is 8.44. The molecule has 0 aliphatic carbocycles. The van der Waals surface area contributed by atoms with Gasteiger partial charge in [0.2, 0.25) is 0 Å². The molecule has 0 fully saturated rings. The van der Waals surface area contributed by atoms with E-state index in [1.165, 1.54) is 0 Å². The number of hydrogen-bond donors (Lipinski definition) is 1. The summed E-state index contributed by atoms with van der Waals surface area (Å²) in [5.74, 6) is 6.83. The number of benzene rings is 2. The number of amides is 1. The maximum atomic E-state index is 12.2. The summed E-state index contributed by atoms with van der Waals surface area (Å²) >= 11 is 5.90. The first kappa shape index (κ1) is 18.7. The highest BCUT2D eigenvalue weighted by Crippen LogP contribution is 2.28. The lowest BCUT2D eigenvalue weighted by molar-refractivity contribution is 0.0958. The third-order valence-electron chi connectivity index (χ3n) is 3.20. The van der Waals surface area contributed by atoms with E-state index in [2.05, 4.69) is 17.2 Å². The fourth-order valence-electron chi connectivity index (χ4n) is 2.13. The van der Waals surface area contributed by atoms with Gasteiger partial charge in [-0.05, 0) is 50.2 Å². The molecule has 0 unspecified atom stereocenters. The van der Waals surface area contributed by atoms with Gasteiger partial charge in [0.1, 0.15) is 0 Å². The maximum Gasteiger partial charge on any atom is 0.252 e. The van der Waals surface area contributed by atoms with Crippen molar-refractivity contribution in [3.05, 3.63) is 58.6 Å². The van der Waals surface area contributed by atoms with Crippen LogP contribution in [0.3, 0.4) is 0 Å². The molecule has 1 N–H and O–H groups in total. The summed E-state index contributed by atoms with van der Waals surface area (Å²) in [6, 6.07) is 12.4. The molecule has 0 radical (unpaired) electrons. The predicted molar refractivity (Wildman–Crippen MR) is 99.4 cm³/mol. The molecule has 0 aliphatic heterocycles. The van der Waals surface area contributed by atoms with Gasteiger partial charge in [-0.2, -0.15) is 0 Å². The average Bonchev–Trinajstić information content (AvgIpc) is 2.60. The predicted octanol–water partition coefficient (Wildman–Crippen LogP) is 3.92. The van der Waals surface area contributed by atoms with Crippen molar-refractivity contribution in [2.24, 2.45) is 0 Å². The first-order chi connectivity index (χ1) is 12.1. The minimum Gasteiger partial charge on any atom is -0.490 e. The first-order valence-electron chi connectivity index (χ1n) is 8.06. The Morgan fingerprint density at radius 3 is 2.56 bits per heavy atom. The summed E-state index contributed by atoms with van der Waals surface area (Å²) in [6.45, 7) is 5.05. The minimum absolute atomic E-state index is 0.218. The van der Waals surface area contributed by atoms with E-state index < -0.39 is 0 Å². The van der Waals surface area contributed by atoms with E-state index in [1.807, 2.05) is 26.0 Å². The van der Waals surface area contributed by atoms with Crippen LogP contribution in [0.5, 0.6) is 11.5 Å². The smallest absolute Gasteiger partial charge is 0.252 e. The van der Waals surface area contributed by atoms with Crippen molar-refractivity contribution in [2.75, 3.05) is 19.8 Å². The van der Waals surface area contributed by atoms with Crippen molar-refractivity contribution in [3.8, 4) is 23.3 Å². The van der Waals surface area contributed by atoms with Gasteiger partial charge in [0.15, 0.2) is 11.5 Å². The van der Waals surface area contributed by atoms with Crippen molar-refractivity contribution in [1.29, 1.82) is 0 Å². The number of halogens is 1. The lowest BCUT2D eigenvalue weighted by Crippen LogP contribution is -2.23. The fourth-order valence-corrected chi connectivity index (χ4v) is 2.32. The van der Waals surface area contributed by atoms with Crippen LogP contribution in [-0.4, -0.2) is 25.7 Å². The highest BCUT2D eigenvalue weighted by Gasteiger charge is 2.10. The molecule has 0 atom stereocenters. The fraction of sp³-hybridized carbons (Fsp3) is 0.250. The Morgan fingerprint density at radius 1 is 1.08 bits per heavy atom. The molecule has 0 aromatic heterocycles. The van der Waals surface area contributed by atoms with E-state index in [1.54, 1.807) is 30.3 Å². The summed E-state index contributed by atoms with van der Waals surface area (Å²) in [6.07, 6.45) is 0. The number of rotatable bonds is 6. The van der Waals surface area contributed by atoms with Crippen molar-refractivity contribution in [2.45, 2.75) is 13.8 Å². The number of nitrogens with one attached hydrogen (secondary N) is 1. The van der Waals surface area contributed by atoms with Crippen LogP contribution in [0.25, 0.3) is 0 Å². The molecule has 0 spiro atoms. The standard InChI is InChI=1S/C20H20ClNO3/c1-3-24-18-11-10-16(14-19(18)25-4-2)20(23)22-12-6-8-15-7-5-9-17(21)13-15/h5,7,9-11,13-14H,3-4,12H2,1-2H3,(H,22,23). The van der Waals surface area contributed by atoms with Gasteiger partial charge in [-0.25, -0.2) is 0 Å². The molecule has 0 aliphatic rings.